The van der Waals surface area contributed by atoms with Crippen LogP contribution in [0.15, 0.2) is 85.3 Å². The second kappa shape index (κ2) is 11.7. The van der Waals surface area contributed by atoms with Gasteiger partial charge in [-0.25, -0.2) is 4.98 Å². The molecule has 0 unspecified atom stereocenters. The van der Waals surface area contributed by atoms with Crippen molar-refractivity contribution >= 4 is 17.9 Å². The minimum Gasteiger partial charge on any atom is -0.380 e. The van der Waals surface area contributed by atoms with Gasteiger partial charge in [0.1, 0.15) is 0 Å². The first-order valence-corrected chi connectivity index (χ1v) is 11.1. The molecule has 0 spiro atoms. The lowest BCUT2D eigenvalue weighted by Gasteiger charge is -2.22. The van der Waals surface area contributed by atoms with Crippen molar-refractivity contribution in [1.29, 1.82) is 0 Å². The molecule has 3 aromatic heterocycles. The second-order valence-corrected chi connectivity index (χ2v) is 7.75. The molecule has 4 rings (SSSR count). The number of carbonyl (C=O) groups excluding carboxylic acids is 1. The molecule has 1 aromatic carbocycles. The molecule has 0 saturated carbocycles. The van der Waals surface area contributed by atoms with Crippen LogP contribution >= 0.6 is 0 Å². The number of hydrogen-bond donors (Lipinski definition) is 1. The molecule has 1 amide bonds. The van der Waals surface area contributed by atoms with Gasteiger partial charge in [-0.3, -0.25) is 14.8 Å². The number of nitrogens with one attached hydrogen (secondary N) is 1. The first kappa shape index (κ1) is 23.1. The van der Waals surface area contributed by atoms with Crippen LogP contribution in [-0.2, 0) is 29.1 Å². The number of methoxy groups -OCH3 is 1. The molecular formula is C27H27N5O2. The zero-order chi connectivity index (χ0) is 23.6. The standard InChI is InChI=1S/C27H27N5O2/c1-34-19-22-8-2-3-10-24(22)25-11-12-26(32(20-33)18-21-7-6-14-28-17-21)27(31-25)30-16-13-23-9-4-5-15-29-23/h2-12,14-15,17,20H,13,16,18-19H2,1H3,(H,30,31). The maximum atomic E-state index is 12.1. The SMILES string of the molecule is COCc1ccccc1-c1ccc(N(C=O)Cc2cccnc2)c(NCCc2ccccn2)n1. The van der Waals surface area contributed by atoms with Crippen molar-refractivity contribution in [2.24, 2.45) is 0 Å². The van der Waals surface area contributed by atoms with Crippen LogP contribution in [0.25, 0.3) is 11.3 Å². The van der Waals surface area contributed by atoms with Crippen LogP contribution in [0.3, 0.4) is 0 Å². The van der Waals surface area contributed by atoms with Gasteiger partial charge < -0.3 is 15.0 Å². The molecule has 0 aliphatic carbocycles. The van der Waals surface area contributed by atoms with E-state index in [0.717, 1.165) is 40.9 Å². The fourth-order valence-corrected chi connectivity index (χ4v) is 3.74. The van der Waals surface area contributed by atoms with Crippen LogP contribution in [0.5, 0.6) is 0 Å². The number of aromatic nitrogens is 3. The summed E-state index contributed by atoms with van der Waals surface area (Å²) in [7, 11) is 1.68. The molecule has 0 fully saturated rings. The molecule has 0 radical (unpaired) electrons. The Labute approximate surface area is 199 Å². The average molecular weight is 454 g/mol. The highest BCUT2D eigenvalue weighted by atomic mass is 16.5. The quantitative estimate of drug-likeness (QED) is 0.337. The van der Waals surface area contributed by atoms with Crippen LogP contribution < -0.4 is 10.2 Å². The summed E-state index contributed by atoms with van der Waals surface area (Å²) in [5.74, 6) is 0.636. The second-order valence-electron chi connectivity index (χ2n) is 7.75. The highest BCUT2D eigenvalue weighted by Crippen LogP contribution is 2.30. The largest absolute Gasteiger partial charge is 0.380 e. The number of amides is 1. The number of hydrogen-bond acceptors (Lipinski definition) is 6. The Kier molecular flexibility index (Phi) is 7.92. The van der Waals surface area contributed by atoms with Crippen molar-refractivity contribution in [3.63, 3.8) is 0 Å². The Morgan fingerprint density at radius 3 is 2.65 bits per heavy atom. The topological polar surface area (TPSA) is 80.2 Å². The number of carbonyl (C=O) groups is 1. The summed E-state index contributed by atoms with van der Waals surface area (Å²) in [6.45, 7) is 1.51. The summed E-state index contributed by atoms with van der Waals surface area (Å²) in [6, 6.07) is 21.6. The van der Waals surface area contributed by atoms with Gasteiger partial charge in [0.15, 0.2) is 5.82 Å². The van der Waals surface area contributed by atoms with Gasteiger partial charge in [0, 0.05) is 49.9 Å². The molecule has 3 heterocycles. The van der Waals surface area contributed by atoms with E-state index >= 15 is 0 Å². The van der Waals surface area contributed by atoms with E-state index in [1.807, 2.05) is 66.7 Å². The predicted molar refractivity (Wildman–Crippen MR) is 133 cm³/mol. The summed E-state index contributed by atoms with van der Waals surface area (Å²) in [6.07, 6.45) is 6.82. The third-order valence-corrected chi connectivity index (χ3v) is 5.38. The van der Waals surface area contributed by atoms with Crippen LogP contribution in [0.1, 0.15) is 16.8 Å². The monoisotopic (exact) mass is 453 g/mol. The highest BCUT2D eigenvalue weighted by molar-refractivity contribution is 5.83. The van der Waals surface area contributed by atoms with E-state index in [1.165, 1.54) is 0 Å². The van der Waals surface area contributed by atoms with Crippen molar-refractivity contribution in [2.45, 2.75) is 19.6 Å². The molecule has 4 aromatic rings. The van der Waals surface area contributed by atoms with Gasteiger partial charge in [0.2, 0.25) is 6.41 Å². The normalized spacial score (nSPS) is 10.6. The molecule has 0 aliphatic heterocycles. The molecule has 34 heavy (non-hydrogen) atoms. The van der Waals surface area contributed by atoms with Gasteiger partial charge in [-0.05, 0) is 41.5 Å². The molecule has 0 saturated heterocycles. The Bertz CT molecular complexity index is 1200. The Hall–Kier alpha value is -4.10. The van der Waals surface area contributed by atoms with Crippen LogP contribution in [0.2, 0.25) is 0 Å². The van der Waals surface area contributed by atoms with E-state index in [4.69, 9.17) is 9.72 Å². The fourth-order valence-electron chi connectivity index (χ4n) is 3.74. The Balaban J connectivity index is 1.66. The van der Waals surface area contributed by atoms with Crippen molar-refractivity contribution in [1.82, 2.24) is 15.0 Å². The molecule has 7 nitrogen and oxygen atoms in total. The number of ether oxygens (including phenoxy) is 1. The van der Waals surface area contributed by atoms with E-state index in [9.17, 15) is 4.79 Å². The first-order chi connectivity index (χ1) is 16.8. The van der Waals surface area contributed by atoms with Crippen molar-refractivity contribution in [2.75, 3.05) is 23.9 Å². The molecular weight excluding hydrogens is 426 g/mol. The summed E-state index contributed by atoms with van der Waals surface area (Å²) < 4.78 is 5.37. The minimum absolute atomic E-state index is 0.396. The maximum Gasteiger partial charge on any atom is 0.214 e. The van der Waals surface area contributed by atoms with E-state index in [2.05, 4.69) is 15.3 Å². The van der Waals surface area contributed by atoms with Gasteiger partial charge in [-0.15, -0.1) is 0 Å². The van der Waals surface area contributed by atoms with E-state index in [-0.39, 0.29) is 0 Å². The van der Waals surface area contributed by atoms with Crippen LogP contribution in [0, 0.1) is 0 Å². The summed E-state index contributed by atoms with van der Waals surface area (Å²) in [4.78, 5) is 27.2. The maximum absolute atomic E-state index is 12.1. The number of pyridine rings is 3. The van der Waals surface area contributed by atoms with Gasteiger partial charge in [-0.1, -0.05) is 36.4 Å². The summed E-state index contributed by atoms with van der Waals surface area (Å²) in [5, 5.41) is 3.43. The number of rotatable bonds is 11. The number of anilines is 2. The lowest BCUT2D eigenvalue weighted by Crippen LogP contribution is -2.23. The third kappa shape index (κ3) is 5.82. The van der Waals surface area contributed by atoms with Gasteiger partial charge in [0.05, 0.1) is 24.5 Å². The predicted octanol–water partition coefficient (Wildman–Crippen LogP) is 4.50. The molecule has 0 atom stereocenters. The fraction of sp³-hybridized carbons (Fsp3) is 0.185. The van der Waals surface area contributed by atoms with Gasteiger partial charge in [-0.2, -0.15) is 0 Å². The summed E-state index contributed by atoms with van der Waals surface area (Å²) >= 11 is 0. The molecule has 172 valence electrons. The lowest BCUT2D eigenvalue weighted by molar-refractivity contribution is -0.107. The van der Waals surface area contributed by atoms with E-state index < -0.39 is 0 Å². The smallest absolute Gasteiger partial charge is 0.214 e. The molecule has 7 heteroatoms. The number of benzene rings is 1. The lowest BCUT2D eigenvalue weighted by atomic mass is 10.0. The number of nitrogens with zero attached hydrogens (tertiary/aromatic N) is 4. The Morgan fingerprint density at radius 1 is 1.00 bits per heavy atom. The van der Waals surface area contributed by atoms with Gasteiger partial charge >= 0.3 is 0 Å². The van der Waals surface area contributed by atoms with Gasteiger partial charge in [0.25, 0.3) is 0 Å². The van der Waals surface area contributed by atoms with E-state index in [0.29, 0.717) is 31.2 Å². The minimum atomic E-state index is 0.396. The summed E-state index contributed by atoms with van der Waals surface area (Å²) in [5.41, 5.74) is 5.47. The molecule has 0 bridgehead atoms. The Morgan fingerprint density at radius 2 is 1.88 bits per heavy atom. The van der Waals surface area contributed by atoms with Crippen molar-refractivity contribution in [3.8, 4) is 11.3 Å². The molecule has 0 aliphatic rings. The highest BCUT2D eigenvalue weighted by Gasteiger charge is 2.16. The third-order valence-electron chi connectivity index (χ3n) is 5.38. The first-order valence-electron chi connectivity index (χ1n) is 11.1. The van der Waals surface area contributed by atoms with E-state index in [1.54, 1.807) is 30.6 Å². The zero-order valence-corrected chi connectivity index (χ0v) is 19.1. The van der Waals surface area contributed by atoms with Crippen LogP contribution in [-0.4, -0.2) is 35.0 Å². The average Bonchev–Trinajstić information content (AvgIpc) is 2.89. The van der Waals surface area contributed by atoms with Crippen LogP contribution in [0.4, 0.5) is 11.5 Å². The zero-order valence-electron chi connectivity index (χ0n) is 19.1. The van der Waals surface area contributed by atoms with Crippen molar-refractivity contribution < 1.29 is 9.53 Å². The van der Waals surface area contributed by atoms with Crippen molar-refractivity contribution in [3.05, 3.63) is 102 Å². The molecule has 1 N–H and O–H groups in total.